The molecule has 0 unspecified atom stereocenters. The maximum atomic E-state index is 5.77. The third-order valence-electron chi connectivity index (χ3n) is 4.51. The number of hydrogen-bond donors (Lipinski definition) is 1. The van der Waals surface area contributed by atoms with Crippen molar-refractivity contribution in [2.24, 2.45) is 4.99 Å². The van der Waals surface area contributed by atoms with Crippen LogP contribution in [0.3, 0.4) is 0 Å². The summed E-state index contributed by atoms with van der Waals surface area (Å²) in [5, 5.41) is 4.42. The van der Waals surface area contributed by atoms with E-state index >= 15 is 0 Å². The fourth-order valence-corrected chi connectivity index (χ4v) is 3.73. The van der Waals surface area contributed by atoms with Crippen molar-refractivity contribution in [3.05, 3.63) is 35.7 Å². The number of piperazine rings is 1. The lowest BCUT2D eigenvalue weighted by molar-refractivity contribution is 0.315. The summed E-state index contributed by atoms with van der Waals surface area (Å²) in [7, 11) is 1.83. The van der Waals surface area contributed by atoms with Gasteiger partial charge in [-0.15, -0.1) is 24.0 Å². The number of aromatic nitrogens is 2. The van der Waals surface area contributed by atoms with Gasteiger partial charge in [-0.05, 0) is 19.1 Å². The number of nitrogens with one attached hydrogen (secondary N) is 1. The molecule has 1 fully saturated rings. The highest BCUT2D eigenvalue weighted by molar-refractivity contribution is 14.0. The van der Waals surface area contributed by atoms with Crippen LogP contribution in [0.4, 0.5) is 5.13 Å². The van der Waals surface area contributed by atoms with Crippen LogP contribution < -0.4 is 15.0 Å². The van der Waals surface area contributed by atoms with E-state index in [-0.39, 0.29) is 24.0 Å². The molecule has 0 spiro atoms. The first-order valence-corrected chi connectivity index (χ1v) is 10.2. The fourth-order valence-electron chi connectivity index (χ4n) is 2.92. The number of nitrogens with zero attached hydrogens (tertiary/aromatic N) is 5. The molecule has 7 nitrogen and oxygen atoms in total. The quantitative estimate of drug-likeness (QED) is 0.276. The Labute approximate surface area is 188 Å². The predicted octanol–water partition coefficient (Wildman–Crippen LogP) is 2.80. The first-order valence-electron chi connectivity index (χ1n) is 9.42. The standard InChI is InChI=1S/C19H28N6OS.HI/c1-4-17-22-19(27-23-17)25-12-10-24(11-13-25)18(20-3)21-9-14-26-16-7-5-15(2)6-8-16;/h5-8H,4,9-14H2,1-3H3,(H,20,21);1H. The summed E-state index contributed by atoms with van der Waals surface area (Å²) in [5.41, 5.74) is 1.24. The van der Waals surface area contributed by atoms with E-state index in [4.69, 9.17) is 4.74 Å². The minimum atomic E-state index is 0. The summed E-state index contributed by atoms with van der Waals surface area (Å²) in [5.74, 6) is 2.76. The Kier molecular flexibility index (Phi) is 9.23. The van der Waals surface area contributed by atoms with E-state index < -0.39 is 0 Å². The SMILES string of the molecule is CCc1nsc(N2CCN(C(=NC)NCCOc3ccc(C)cc3)CC2)n1.I. The molecule has 3 rings (SSSR count). The largest absolute Gasteiger partial charge is 0.492 e. The van der Waals surface area contributed by atoms with E-state index in [0.29, 0.717) is 6.61 Å². The molecular weight excluding hydrogens is 487 g/mol. The second-order valence-corrected chi connectivity index (χ2v) is 7.19. The molecule has 9 heteroatoms. The van der Waals surface area contributed by atoms with E-state index in [0.717, 1.165) is 61.8 Å². The molecule has 0 aliphatic carbocycles. The van der Waals surface area contributed by atoms with E-state index in [1.165, 1.54) is 17.1 Å². The highest BCUT2D eigenvalue weighted by Gasteiger charge is 2.21. The molecule has 1 N–H and O–H groups in total. The zero-order valence-electron chi connectivity index (χ0n) is 16.7. The van der Waals surface area contributed by atoms with Gasteiger partial charge in [0.15, 0.2) is 5.96 Å². The van der Waals surface area contributed by atoms with Crippen molar-refractivity contribution in [3.8, 4) is 5.75 Å². The summed E-state index contributed by atoms with van der Waals surface area (Å²) in [4.78, 5) is 13.6. The fraction of sp³-hybridized carbons (Fsp3) is 0.526. The summed E-state index contributed by atoms with van der Waals surface area (Å²) in [6, 6.07) is 8.12. The van der Waals surface area contributed by atoms with Gasteiger partial charge in [-0.1, -0.05) is 24.6 Å². The van der Waals surface area contributed by atoms with E-state index in [1.54, 1.807) is 0 Å². The Morgan fingerprint density at radius 1 is 1.21 bits per heavy atom. The van der Waals surface area contributed by atoms with Crippen LogP contribution in [0.25, 0.3) is 0 Å². The van der Waals surface area contributed by atoms with Crippen LogP contribution in [0.1, 0.15) is 18.3 Å². The van der Waals surface area contributed by atoms with Crippen LogP contribution >= 0.6 is 35.5 Å². The van der Waals surface area contributed by atoms with Crippen LogP contribution in [0, 0.1) is 6.92 Å². The summed E-state index contributed by atoms with van der Waals surface area (Å²) >= 11 is 1.50. The van der Waals surface area contributed by atoms with Crippen molar-refractivity contribution in [2.75, 3.05) is 51.3 Å². The number of ether oxygens (including phenoxy) is 1. The molecule has 0 bridgehead atoms. The van der Waals surface area contributed by atoms with Gasteiger partial charge in [-0.3, -0.25) is 4.99 Å². The van der Waals surface area contributed by atoms with Gasteiger partial charge in [0.1, 0.15) is 18.2 Å². The molecule has 2 heterocycles. The number of benzene rings is 1. The van der Waals surface area contributed by atoms with Gasteiger partial charge in [-0.25, -0.2) is 4.98 Å². The molecule has 1 aliphatic heterocycles. The van der Waals surface area contributed by atoms with Gasteiger partial charge >= 0.3 is 0 Å². The normalized spacial score (nSPS) is 14.6. The molecule has 1 aromatic heterocycles. The molecule has 1 aliphatic rings. The molecule has 0 amide bonds. The number of guanidine groups is 1. The van der Waals surface area contributed by atoms with Crippen LogP contribution in [-0.2, 0) is 6.42 Å². The molecule has 0 atom stereocenters. The average Bonchev–Trinajstić information content (AvgIpc) is 3.19. The number of halogens is 1. The van der Waals surface area contributed by atoms with Crippen LogP contribution in [0.5, 0.6) is 5.75 Å². The first kappa shape index (κ1) is 22.7. The second-order valence-electron chi connectivity index (χ2n) is 6.46. The highest BCUT2D eigenvalue weighted by Crippen LogP contribution is 2.19. The smallest absolute Gasteiger partial charge is 0.205 e. The molecule has 2 aromatic rings. The summed E-state index contributed by atoms with van der Waals surface area (Å²) in [6.45, 7) is 9.17. The van der Waals surface area contributed by atoms with Crippen molar-refractivity contribution >= 4 is 46.6 Å². The number of hydrogen-bond acceptors (Lipinski definition) is 6. The van der Waals surface area contributed by atoms with Crippen molar-refractivity contribution < 1.29 is 4.74 Å². The van der Waals surface area contributed by atoms with Crippen LogP contribution in [0.2, 0.25) is 0 Å². The monoisotopic (exact) mass is 516 g/mol. The molecule has 1 saturated heterocycles. The van der Waals surface area contributed by atoms with Crippen molar-refractivity contribution in [1.82, 2.24) is 19.6 Å². The van der Waals surface area contributed by atoms with Gasteiger partial charge in [0.25, 0.3) is 0 Å². The Bertz CT molecular complexity index is 743. The molecule has 0 saturated carbocycles. The zero-order chi connectivity index (χ0) is 19.1. The molecule has 154 valence electrons. The molecule has 1 aromatic carbocycles. The van der Waals surface area contributed by atoms with Gasteiger partial charge in [0, 0.05) is 51.2 Å². The number of aryl methyl sites for hydroxylation is 2. The summed E-state index contributed by atoms with van der Waals surface area (Å²) in [6.07, 6.45) is 0.887. The molecular formula is C19H29IN6OS. The first-order chi connectivity index (χ1) is 13.2. The number of aliphatic imine (C=N–C) groups is 1. The van der Waals surface area contributed by atoms with E-state index in [2.05, 4.69) is 55.4 Å². The minimum Gasteiger partial charge on any atom is -0.492 e. The Balaban J connectivity index is 0.00000280. The Hall–Kier alpha value is -1.62. The predicted molar refractivity (Wildman–Crippen MR) is 127 cm³/mol. The maximum absolute atomic E-state index is 5.77. The third-order valence-corrected chi connectivity index (χ3v) is 5.32. The van der Waals surface area contributed by atoms with E-state index in [1.807, 2.05) is 19.2 Å². The van der Waals surface area contributed by atoms with E-state index in [9.17, 15) is 0 Å². The second kappa shape index (κ2) is 11.4. The molecule has 28 heavy (non-hydrogen) atoms. The zero-order valence-corrected chi connectivity index (χ0v) is 19.9. The van der Waals surface area contributed by atoms with Crippen molar-refractivity contribution in [2.45, 2.75) is 20.3 Å². The third kappa shape index (κ3) is 6.20. The lowest BCUT2D eigenvalue weighted by Crippen LogP contribution is -2.53. The summed E-state index contributed by atoms with van der Waals surface area (Å²) < 4.78 is 10.2. The van der Waals surface area contributed by atoms with Crippen LogP contribution in [-0.4, -0.2) is 66.6 Å². The lowest BCUT2D eigenvalue weighted by Gasteiger charge is -2.36. The number of rotatable bonds is 6. The van der Waals surface area contributed by atoms with Gasteiger partial charge in [0.2, 0.25) is 5.13 Å². The minimum absolute atomic E-state index is 0. The topological polar surface area (TPSA) is 65.9 Å². The van der Waals surface area contributed by atoms with Crippen molar-refractivity contribution in [1.29, 1.82) is 0 Å². The molecule has 0 radical (unpaired) electrons. The van der Waals surface area contributed by atoms with Gasteiger partial charge in [-0.2, -0.15) is 4.37 Å². The number of anilines is 1. The Morgan fingerprint density at radius 2 is 1.93 bits per heavy atom. The van der Waals surface area contributed by atoms with Gasteiger partial charge in [0.05, 0.1) is 6.54 Å². The highest BCUT2D eigenvalue weighted by atomic mass is 127. The lowest BCUT2D eigenvalue weighted by atomic mass is 10.2. The maximum Gasteiger partial charge on any atom is 0.205 e. The van der Waals surface area contributed by atoms with Gasteiger partial charge < -0.3 is 19.9 Å². The average molecular weight is 516 g/mol. The van der Waals surface area contributed by atoms with Crippen molar-refractivity contribution in [3.63, 3.8) is 0 Å². The Morgan fingerprint density at radius 3 is 2.54 bits per heavy atom. The van der Waals surface area contributed by atoms with Crippen LogP contribution in [0.15, 0.2) is 29.3 Å².